The van der Waals surface area contributed by atoms with Gasteiger partial charge in [0.05, 0.1) is 24.5 Å². The highest BCUT2D eigenvalue weighted by Crippen LogP contribution is 2.53. The number of benzene rings is 3. The molecule has 4 aromatic rings. The van der Waals surface area contributed by atoms with Crippen LogP contribution in [0.5, 0.6) is 5.75 Å². The van der Waals surface area contributed by atoms with Gasteiger partial charge in [-0.05, 0) is 68.0 Å². The normalized spacial score (nSPS) is 19.5. The number of nitrogens with zero attached hydrogens (tertiary/aromatic N) is 3. The Labute approximate surface area is 223 Å². The predicted molar refractivity (Wildman–Crippen MR) is 152 cm³/mol. The largest absolute Gasteiger partial charge is 0.494 e. The van der Waals surface area contributed by atoms with Gasteiger partial charge in [-0.25, -0.2) is 4.68 Å². The van der Waals surface area contributed by atoms with E-state index in [2.05, 4.69) is 67.5 Å². The number of ether oxygens (including phenoxy) is 1. The third kappa shape index (κ3) is 3.71. The van der Waals surface area contributed by atoms with E-state index >= 15 is 0 Å². The van der Waals surface area contributed by atoms with Crippen molar-refractivity contribution in [1.29, 1.82) is 0 Å². The van der Waals surface area contributed by atoms with E-state index in [1.165, 1.54) is 11.1 Å². The Balaban J connectivity index is 1.46. The van der Waals surface area contributed by atoms with Gasteiger partial charge in [0.15, 0.2) is 0 Å². The van der Waals surface area contributed by atoms with Crippen molar-refractivity contribution in [3.63, 3.8) is 0 Å². The molecule has 2 aliphatic heterocycles. The molecule has 0 bridgehead atoms. The van der Waals surface area contributed by atoms with Gasteiger partial charge in [-0.2, -0.15) is 5.10 Å². The number of para-hydroxylation sites is 1. The fourth-order valence-electron chi connectivity index (χ4n) is 5.82. The third-order valence-corrected chi connectivity index (χ3v) is 7.83. The van der Waals surface area contributed by atoms with Gasteiger partial charge in [0.25, 0.3) is 0 Å². The maximum Gasteiger partial charge on any atom is 0.241 e. The topological polar surface area (TPSA) is 59.4 Å². The van der Waals surface area contributed by atoms with Crippen LogP contribution in [0.2, 0.25) is 0 Å². The maximum atomic E-state index is 12.8. The van der Waals surface area contributed by atoms with Crippen molar-refractivity contribution >= 4 is 17.7 Å². The number of hydrogen-bond donors (Lipinski definition) is 1. The second kappa shape index (κ2) is 8.91. The zero-order chi connectivity index (χ0) is 26.5. The van der Waals surface area contributed by atoms with Crippen molar-refractivity contribution in [2.45, 2.75) is 38.8 Å². The molecule has 0 aliphatic carbocycles. The Morgan fingerprint density at radius 2 is 1.82 bits per heavy atom. The van der Waals surface area contributed by atoms with Crippen LogP contribution >= 0.6 is 0 Å². The number of amides is 1. The van der Waals surface area contributed by atoms with Crippen LogP contribution in [0, 0.1) is 6.92 Å². The SMILES string of the molecule is CCOc1ccc(-c2nn(-c3ccccc3)cc2/C=C/C23NC(=O)CN2c2ccc(C)cc2C3(C)C)cc1. The smallest absolute Gasteiger partial charge is 0.241 e. The summed E-state index contributed by atoms with van der Waals surface area (Å²) in [5.74, 6) is 0.862. The van der Waals surface area contributed by atoms with Gasteiger partial charge in [-0.1, -0.05) is 55.8 Å². The minimum absolute atomic E-state index is 0.0284. The Bertz CT molecular complexity index is 1540. The number of carbonyl (C=O) groups excluding carboxylic acids is 1. The summed E-state index contributed by atoms with van der Waals surface area (Å²) in [5, 5.41) is 8.31. The molecule has 1 N–H and O–H groups in total. The average molecular weight is 505 g/mol. The van der Waals surface area contributed by atoms with Crippen LogP contribution in [0.15, 0.2) is 85.1 Å². The first-order valence-corrected chi connectivity index (χ1v) is 13.1. The molecule has 6 rings (SSSR count). The molecule has 1 saturated heterocycles. The summed E-state index contributed by atoms with van der Waals surface area (Å²) in [7, 11) is 0. The second-order valence-electron chi connectivity index (χ2n) is 10.6. The average Bonchev–Trinajstić information content (AvgIpc) is 3.54. The summed E-state index contributed by atoms with van der Waals surface area (Å²) in [4.78, 5) is 15.0. The molecule has 0 spiro atoms. The van der Waals surface area contributed by atoms with E-state index in [4.69, 9.17) is 9.84 Å². The minimum Gasteiger partial charge on any atom is -0.494 e. The van der Waals surface area contributed by atoms with Crippen molar-refractivity contribution in [1.82, 2.24) is 15.1 Å². The highest BCUT2D eigenvalue weighted by atomic mass is 16.5. The first-order valence-electron chi connectivity index (χ1n) is 13.1. The van der Waals surface area contributed by atoms with Crippen molar-refractivity contribution in [2.24, 2.45) is 0 Å². The minimum atomic E-state index is -0.675. The Kier molecular flexibility index (Phi) is 5.64. The van der Waals surface area contributed by atoms with Gasteiger partial charge >= 0.3 is 0 Å². The maximum absolute atomic E-state index is 12.8. The molecule has 0 saturated carbocycles. The first kappa shape index (κ1) is 24.0. The third-order valence-electron chi connectivity index (χ3n) is 7.83. The molecule has 1 aromatic heterocycles. The standard InChI is InChI=1S/C32H32N4O2/c1-5-38-26-14-12-23(13-15-26)30-24(20-36(34-30)25-9-7-6-8-10-25)17-18-32-31(3,4)27-19-22(2)11-16-28(27)35(32)21-29(37)33-32/h6-20H,5,21H2,1-4H3,(H,33,37)/b18-17+. The molecular formula is C32H32N4O2. The molecule has 3 heterocycles. The van der Waals surface area contributed by atoms with Crippen molar-refractivity contribution in [2.75, 3.05) is 18.1 Å². The Morgan fingerprint density at radius 3 is 2.55 bits per heavy atom. The number of carbonyl (C=O) groups is 1. The van der Waals surface area contributed by atoms with Gasteiger partial charge in [-0.15, -0.1) is 0 Å². The van der Waals surface area contributed by atoms with Crippen molar-refractivity contribution in [3.05, 3.63) is 102 Å². The van der Waals surface area contributed by atoms with E-state index in [1.54, 1.807) is 0 Å². The predicted octanol–water partition coefficient (Wildman–Crippen LogP) is 5.88. The van der Waals surface area contributed by atoms with Crippen LogP contribution in [0.1, 0.15) is 37.5 Å². The summed E-state index contributed by atoms with van der Waals surface area (Å²) in [6.07, 6.45) is 6.31. The van der Waals surface area contributed by atoms with Gasteiger partial charge in [-0.3, -0.25) is 4.79 Å². The molecule has 2 aliphatic rings. The van der Waals surface area contributed by atoms with Crippen LogP contribution in [0.25, 0.3) is 23.0 Å². The van der Waals surface area contributed by atoms with Gasteiger partial charge in [0.1, 0.15) is 11.4 Å². The van der Waals surface area contributed by atoms with E-state index in [1.807, 2.05) is 66.2 Å². The fraction of sp³-hybridized carbons (Fsp3) is 0.250. The Morgan fingerprint density at radius 1 is 1.05 bits per heavy atom. The molecule has 1 amide bonds. The number of fused-ring (bicyclic) bond motifs is 3. The Hall–Kier alpha value is -4.32. The van der Waals surface area contributed by atoms with Crippen LogP contribution in [0.3, 0.4) is 0 Å². The lowest BCUT2D eigenvalue weighted by Gasteiger charge is -2.40. The zero-order valence-corrected chi connectivity index (χ0v) is 22.2. The van der Waals surface area contributed by atoms with Gasteiger partial charge in [0.2, 0.25) is 5.91 Å². The lowest BCUT2D eigenvalue weighted by Crippen LogP contribution is -2.58. The summed E-state index contributed by atoms with van der Waals surface area (Å²) in [6, 6.07) is 24.6. The van der Waals surface area contributed by atoms with Crippen LogP contribution in [-0.4, -0.2) is 34.5 Å². The summed E-state index contributed by atoms with van der Waals surface area (Å²) < 4.78 is 7.56. The molecule has 3 aromatic carbocycles. The number of rotatable bonds is 6. The highest BCUT2D eigenvalue weighted by molar-refractivity contribution is 5.92. The number of aryl methyl sites for hydroxylation is 1. The van der Waals surface area contributed by atoms with Crippen LogP contribution in [-0.2, 0) is 10.2 Å². The quantitative estimate of drug-likeness (QED) is 0.356. The zero-order valence-electron chi connectivity index (χ0n) is 22.2. The highest BCUT2D eigenvalue weighted by Gasteiger charge is 2.59. The van der Waals surface area contributed by atoms with Crippen LogP contribution < -0.4 is 15.0 Å². The molecule has 192 valence electrons. The van der Waals surface area contributed by atoms with E-state index in [0.717, 1.165) is 33.9 Å². The monoisotopic (exact) mass is 504 g/mol. The van der Waals surface area contributed by atoms with Crippen molar-refractivity contribution < 1.29 is 9.53 Å². The number of nitrogens with one attached hydrogen (secondary N) is 1. The first-order chi connectivity index (χ1) is 18.3. The fourth-order valence-corrected chi connectivity index (χ4v) is 5.82. The molecule has 38 heavy (non-hydrogen) atoms. The molecular weight excluding hydrogens is 472 g/mol. The molecule has 0 radical (unpaired) electrons. The van der Waals surface area contributed by atoms with Crippen molar-refractivity contribution in [3.8, 4) is 22.7 Å². The number of aromatic nitrogens is 2. The lowest BCUT2D eigenvalue weighted by molar-refractivity contribution is -0.118. The summed E-state index contributed by atoms with van der Waals surface area (Å²) >= 11 is 0. The lowest BCUT2D eigenvalue weighted by atomic mass is 9.75. The second-order valence-corrected chi connectivity index (χ2v) is 10.6. The van der Waals surface area contributed by atoms with Gasteiger partial charge in [0, 0.05) is 28.4 Å². The van der Waals surface area contributed by atoms with Crippen LogP contribution in [0.4, 0.5) is 5.69 Å². The molecule has 6 nitrogen and oxygen atoms in total. The van der Waals surface area contributed by atoms with E-state index in [0.29, 0.717) is 13.2 Å². The molecule has 1 unspecified atom stereocenters. The van der Waals surface area contributed by atoms with E-state index in [-0.39, 0.29) is 11.3 Å². The molecule has 6 heteroatoms. The van der Waals surface area contributed by atoms with E-state index < -0.39 is 5.66 Å². The summed E-state index contributed by atoms with van der Waals surface area (Å²) in [6.45, 7) is 9.47. The molecule has 1 fully saturated rings. The summed E-state index contributed by atoms with van der Waals surface area (Å²) in [5.41, 5.74) is 6.36. The number of hydrogen-bond acceptors (Lipinski definition) is 4. The number of anilines is 1. The van der Waals surface area contributed by atoms with E-state index in [9.17, 15) is 4.79 Å². The van der Waals surface area contributed by atoms with Gasteiger partial charge < -0.3 is 15.0 Å². The molecule has 1 atom stereocenters.